The quantitative estimate of drug-likeness (QED) is 0.604. The maximum absolute atomic E-state index is 11.2. The van der Waals surface area contributed by atoms with E-state index in [0.29, 0.717) is 3.92 Å². The van der Waals surface area contributed by atoms with Crippen molar-refractivity contribution < 1.29 is 31.1 Å². The van der Waals surface area contributed by atoms with Crippen molar-refractivity contribution in [3.63, 3.8) is 0 Å². The van der Waals surface area contributed by atoms with E-state index in [1.807, 2.05) is 18.2 Å². The molecule has 0 bridgehead atoms. The zero-order valence-electron chi connectivity index (χ0n) is 9.10. The first-order chi connectivity index (χ1) is 7.77. The molecule has 0 aromatic heterocycles. The molecule has 1 N–H and O–H groups in total. The zero-order chi connectivity index (χ0) is 11.4. The summed E-state index contributed by atoms with van der Waals surface area (Å²) in [4.78, 5) is 11.2. The summed E-state index contributed by atoms with van der Waals surface area (Å²) in [7, 11) is 0. The van der Waals surface area contributed by atoms with Crippen molar-refractivity contribution in [1.29, 1.82) is 0 Å². The van der Waals surface area contributed by atoms with E-state index in [1.165, 1.54) is 9.99 Å². The first-order valence-electron chi connectivity index (χ1n) is 5.68. The van der Waals surface area contributed by atoms with Crippen LogP contribution in [0.5, 0.6) is 0 Å². The Hall–Kier alpha value is -0.580. The average molecular weight is 331 g/mol. The van der Waals surface area contributed by atoms with Crippen LogP contribution in [-0.2, 0) is 4.79 Å². The van der Waals surface area contributed by atoms with E-state index < -0.39 is 5.97 Å². The van der Waals surface area contributed by atoms with Gasteiger partial charge in [-0.25, -0.2) is 0 Å². The van der Waals surface area contributed by atoms with Gasteiger partial charge in [0.05, 0.1) is 0 Å². The number of carboxylic acid groups (broad SMARTS) is 1. The number of rotatable bonds is 3. The standard InChI is InChI=1S/C13H16IO2/c15-13(16)11-8-4-5-9-12(11)14-10-6-2-1-3-7-10/h1-3,6-7,11-12H,4-5,8-9H2,(H,15,16)/q-1. The molecule has 2 nitrogen and oxygen atoms in total. The average Bonchev–Trinajstić information content (AvgIpc) is 2.31. The molecule has 0 spiro atoms. The number of aliphatic carboxylic acids is 1. The Morgan fingerprint density at radius 2 is 1.88 bits per heavy atom. The molecule has 0 amide bonds. The minimum absolute atomic E-state index is 0.0817. The molecule has 0 aliphatic heterocycles. The third-order valence-corrected chi connectivity index (χ3v) is 6.73. The van der Waals surface area contributed by atoms with Crippen LogP contribution < -0.4 is 21.2 Å². The molecular weight excluding hydrogens is 315 g/mol. The van der Waals surface area contributed by atoms with Crippen LogP contribution in [0.25, 0.3) is 0 Å². The van der Waals surface area contributed by atoms with Crippen LogP contribution in [0.2, 0.25) is 0 Å². The second-order valence-electron chi connectivity index (χ2n) is 4.15. The van der Waals surface area contributed by atoms with Gasteiger partial charge in [0.25, 0.3) is 0 Å². The van der Waals surface area contributed by atoms with Gasteiger partial charge in [-0.15, -0.1) is 0 Å². The van der Waals surface area contributed by atoms with Crippen LogP contribution in [0.1, 0.15) is 25.7 Å². The number of benzene rings is 1. The summed E-state index contributed by atoms with van der Waals surface area (Å²) in [5.74, 6) is -0.665. The van der Waals surface area contributed by atoms with Gasteiger partial charge in [0.15, 0.2) is 0 Å². The number of halogens is 1. The van der Waals surface area contributed by atoms with Gasteiger partial charge in [-0.1, -0.05) is 0 Å². The van der Waals surface area contributed by atoms with E-state index in [-0.39, 0.29) is 27.1 Å². The molecule has 16 heavy (non-hydrogen) atoms. The molecular formula is C13H16IO2-. The van der Waals surface area contributed by atoms with Crippen molar-refractivity contribution in [3.8, 4) is 0 Å². The summed E-state index contributed by atoms with van der Waals surface area (Å²) >= 11 is -0.149. The Labute approximate surface area is 106 Å². The summed E-state index contributed by atoms with van der Waals surface area (Å²) < 4.78 is 1.81. The van der Waals surface area contributed by atoms with E-state index in [9.17, 15) is 9.90 Å². The fourth-order valence-electron chi connectivity index (χ4n) is 2.14. The van der Waals surface area contributed by atoms with Crippen molar-refractivity contribution >= 4 is 5.97 Å². The van der Waals surface area contributed by atoms with Crippen molar-refractivity contribution in [2.45, 2.75) is 29.6 Å². The molecule has 2 rings (SSSR count). The summed E-state index contributed by atoms with van der Waals surface area (Å²) in [6.07, 6.45) is 4.29. The molecule has 1 aliphatic rings. The summed E-state index contributed by atoms with van der Waals surface area (Å²) in [5.41, 5.74) is 0. The van der Waals surface area contributed by atoms with Gasteiger partial charge in [0.1, 0.15) is 0 Å². The number of alkyl halides is 1. The fraction of sp³-hybridized carbons (Fsp3) is 0.462. The Bertz CT molecular complexity index is 350. The van der Waals surface area contributed by atoms with Gasteiger partial charge in [-0.3, -0.25) is 0 Å². The van der Waals surface area contributed by atoms with Crippen LogP contribution in [0.3, 0.4) is 0 Å². The topological polar surface area (TPSA) is 37.3 Å². The van der Waals surface area contributed by atoms with E-state index in [1.54, 1.807) is 0 Å². The zero-order valence-corrected chi connectivity index (χ0v) is 11.3. The van der Waals surface area contributed by atoms with Crippen molar-refractivity contribution in [2.75, 3.05) is 0 Å². The molecule has 1 saturated carbocycles. The molecule has 2 unspecified atom stereocenters. The van der Waals surface area contributed by atoms with Crippen LogP contribution in [0, 0.1) is 9.49 Å². The maximum atomic E-state index is 11.2. The molecule has 2 atom stereocenters. The molecule has 1 aliphatic carbocycles. The summed E-state index contributed by atoms with van der Waals surface area (Å²) in [6, 6.07) is 10.4. The van der Waals surface area contributed by atoms with Crippen LogP contribution in [0.15, 0.2) is 30.3 Å². The first kappa shape index (κ1) is 11.9. The SMILES string of the molecule is O=C(O)C1CCCCC1[I-]c1ccccc1. The van der Waals surface area contributed by atoms with Gasteiger partial charge in [0.2, 0.25) is 0 Å². The second-order valence-corrected chi connectivity index (χ2v) is 7.62. The van der Waals surface area contributed by atoms with E-state index in [2.05, 4.69) is 12.1 Å². The number of carboxylic acids is 1. The van der Waals surface area contributed by atoms with Gasteiger partial charge in [0, 0.05) is 0 Å². The third kappa shape index (κ3) is 2.97. The van der Waals surface area contributed by atoms with E-state index >= 15 is 0 Å². The van der Waals surface area contributed by atoms with Crippen LogP contribution in [0.4, 0.5) is 0 Å². The van der Waals surface area contributed by atoms with E-state index in [0.717, 1.165) is 19.3 Å². The number of carbonyl (C=O) groups is 1. The van der Waals surface area contributed by atoms with Gasteiger partial charge >= 0.3 is 107 Å². The Morgan fingerprint density at radius 1 is 1.19 bits per heavy atom. The molecule has 1 aromatic rings. The summed E-state index contributed by atoms with van der Waals surface area (Å²) in [5, 5.41) is 9.20. The Balaban J connectivity index is 2.04. The van der Waals surface area contributed by atoms with Gasteiger partial charge < -0.3 is 0 Å². The molecule has 88 valence electrons. The second kappa shape index (κ2) is 5.66. The molecule has 1 aromatic carbocycles. The van der Waals surface area contributed by atoms with Crippen LogP contribution >= 0.6 is 0 Å². The Kier molecular flexibility index (Phi) is 4.21. The van der Waals surface area contributed by atoms with Crippen LogP contribution in [-0.4, -0.2) is 15.0 Å². The third-order valence-electron chi connectivity index (χ3n) is 3.00. The molecule has 0 saturated heterocycles. The molecule has 0 radical (unpaired) electrons. The van der Waals surface area contributed by atoms with Crippen molar-refractivity contribution in [3.05, 3.63) is 33.9 Å². The fourth-order valence-corrected chi connectivity index (χ4v) is 5.75. The van der Waals surface area contributed by atoms with Crippen molar-refractivity contribution in [1.82, 2.24) is 0 Å². The van der Waals surface area contributed by atoms with Gasteiger partial charge in [-0.2, -0.15) is 0 Å². The normalized spacial score (nSPS) is 25.5. The van der Waals surface area contributed by atoms with E-state index in [4.69, 9.17) is 0 Å². The number of hydrogen-bond donors (Lipinski definition) is 1. The summed E-state index contributed by atoms with van der Waals surface area (Å²) in [6.45, 7) is 0. The molecule has 3 heteroatoms. The predicted octanol–water partition coefficient (Wildman–Crippen LogP) is -0.411. The minimum atomic E-state index is -0.583. The number of hydrogen-bond acceptors (Lipinski definition) is 1. The first-order valence-corrected chi connectivity index (χ1v) is 8.01. The predicted molar refractivity (Wildman–Crippen MR) is 58.5 cm³/mol. The molecule has 1 fully saturated rings. The van der Waals surface area contributed by atoms with Crippen molar-refractivity contribution in [2.24, 2.45) is 5.92 Å². The monoisotopic (exact) mass is 331 g/mol. The van der Waals surface area contributed by atoms with Gasteiger partial charge in [-0.05, 0) is 0 Å². The Morgan fingerprint density at radius 3 is 2.56 bits per heavy atom. The molecule has 0 heterocycles.